The maximum atomic E-state index is 5.73. The van der Waals surface area contributed by atoms with E-state index in [1.807, 2.05) is 0 Å². The van der Waals surface area contributed by atoms with Gasteiger partial charge in [-0.1, -0.05) is 11.6 Å². The van der Waals surface area contributed by atoms with Crippen molar-refractivity contribution < 1.29 is 0 Å². The van der Waals surface area contributed by atoms with Crippen LogP contribution < -0.4 is 5.32 Å². The van der Waals surface area contributed by atoms with Crippen LogP contribution in [-0.4, -0.2) is 12.0 Å². The van der Waals surface area contributed by atoms with Gasteiger partial charge in [-0.2, -0.15) is 0 Å². The summed E-state index contributed by atoms with van der Waals surface area (Å²) in [5.41, 5.74) is 1.56. The van der Waals surface area contributed by atoms with Crippen LogP contribution in [-0.2, 0) is 0 Å². The van der Waals surface area contributed by atoms with Crippen LogP contribution in [0.3, 0.4) is 0 Å². The van der Waals surface area contributed by atoms with Crippen LogP contribution in [0.15, 0.2) is 11.6 Å². The number of rotatable bonds is 0. The quantitative estimate of drug-likeness (QED) is 0.299. The SMILES string of the molecule is CC1=CCC(Cl)NC1. The number of alkyl halides is 1. The predicted octanol–water partition coefficient (Wildman–Crippen LogP) is 1.49. The van der Waals surface area contributed by atoms with Crippen molar-refractivity contribution in [3.05, 3.63) is 11.6 Å². The average Bonchev–Trinajstić information content (AvgIpc) is 1.77. The Balaban J connectivity index is 2.42. The summed E-state index contributed by atoms with van der Waals surface area (Å²) >= 11 is 5.73. The Morgan fingerprint density at radius 2 is 2.62 bits per heavy atom. The van der Waals surface area contributed by atoms with E-state index in [4.69, 9.17) is 11.6 Å². The highest BCUT2D eigenvalue weighted by molar-refractivity contribution is 6.20. The maximum absolute atomic E-state index is 5.73. The lowest BCUT2D eigenvalue weighted by Crippen LogP contribution is -2.28. The fourth-order valence-electron chi connectivity index (χ4n) is 0.732. The largest absolute Gasteiger partial charge is 0.297 e. The van der Waals surface area contributed by atoms with Crippen LogP contribution in [0.4, 0.5) is 0 Å². The van der Waals surface area contributed by atoms with Gasteiger partial charge < -0.3 is 0 Å². The van der Waals surface area contributed by atoms with Gasteiger partial charge in [-0.15, -0.1) is 11.6 Å². The Morgan fingerprint density at radius 1 is 1.88 bits per heavy atom. The van der Waals surface area contributed by atoms with Gasteiger partial charge in [0.15, 0.2) is 0 Å². The minimum atomic E-state index is 0.165. The molecule has 0 aromatic heterocycles. The number of nitrogens with one attached hydrogen (secondary N) is 1. The van der Waals surface area contributed by atoms with E-state index in [9.17, 15) is 0 Å². The molecule has 8 heavy (non-hydrogen) atoms. The smallest absolute Gasteiger partial charge is 0.0862 e. The lowest BCUT2D eigenvalue weighted by molar-refractivity contribution is 0.651. The van der Waals surface area contributed by atoms with Crippen molar-refractivity contribution in [1.82, 2.24) is 5.32 Å². The van der Waals surface area contributed by atoms with Crippen molar-refractivity contribution in [2.24, 2.45) is 0 Å². The predicted molar refractivity (Wildman–Crippen MR) is 36.0 cm³/mol. The first-order valence-corrected chi connectivity index (χ1v) is 3.26. The molecule has 0 saturated heterocycles. The summed E-state index contributed by atoms with van der Waals surface area (Å²) in [4.78, 5) is 0. The summed E-state index contributed by atoms with van der Waals surface area (Å²) in [5.74, 6) is 0. The van der Waals surface area contributed by atoms with Crippen LogP contribution in [0, 0.1) is 0 Å². The first-order chi connectivity index (χ1) is 3.79. The molecule has 1 aliphatic rings. The molecule has 0 saturated carbocycles. The second-order valence-electron chi connectivity index (χ2n) is 2.13. The van der Waals surface area contributed by atoms with E-state index in [1.165, 1.54) is 5.57 Å². The number of hydrogen-bond acceptors (Lipinski definition) is 1. The molecule has 1 aliphatic heterocycles. The molecule has 0 fully saturated rings. The van der Waals surface area contributed by atoms with Gasteiger partial charge in [0.25, 0.3) is 0 Å². The lowest BCUT2D eigenvalue weighted by atomic mass is 10.2. The highest BCUT2D eigenvalue weighted by Crippen LogP contribution is 2.07. The Kier molecular flexibility index (Phi) is 1.92. The molecule has 2 heteroatoms. The molecular formula is C6H10ClN. The van der Waals surface area contributed by atoms with Crippen LogP contribution in [0.5, 0.6) is 0 Å². The summed E-state index contributed by atoms with van der Waals surface area (Å²) in [5, 5.41) is 3.13. The number of halogens is 1. The van der Waals surface area contributed by atoms with Crippen molar-refractivity contribution in [2.75, 3.05) is 6.54 Å². The van der Waals surface area contributed by atoms with E-state index in [-0.39, 0.29) is 5.50 Å². The van der Waals surface area contributed by atoms with E-state index < -0.39 is 0 Å². The second kappa shape index (κ2) is 2.51. The molecule has 1 heterocycles. The topological polar surface area (TPSA) is 12.0 Å². The van der Waals surface area contributed by atoms with Crippen molar-refractivity contribution >= 4 is 11.6 Å². The maximum Gasteiger partial charge on any atom is 0.0862 e. The highest BCUT2D eigenvalue weighted by Gasteiger charge is 2.05. The molecule has 0 bridgehead atoms. The molecule has 1 rings (SSSR count). The molecule has 0 radical (unpaired) electrons. The van der Waals surface area contributed by atoms with Gasteiger partial charge in [0.1, 0.15) is 0 Å². The normalized spacial score (nSPS) is 29.8. The summed E-state index contributed by atoms with van der Waals surface area (Å²) in [6.45, 7) is 3.06. The molecule has 0 aliphatic carbocycles. The van der Waals surface area contributed by atoms with Gasteiger partial charge in [-0.05, 0) is 13.3 Å². The Labute approximate surface area is 54.7 Å². The van der Waals surface area contributed by atoms with Crippen LogP contribution >= 0.6 is 11.6 Å². The molecule has 0 aromatic rings. The molecule has 0 aromatic carbocycles. The summed E-state index contributed by atoms with van der Waals surface area (Å²) in [6.07, 6.45) is 3.14. The monoisotopic (exact) mass is 131 g/mol. The van der Waals surface area contributed by atoms with Crippen LogP contribution in [0.25, 0.3) is 0 Å². The van der Waals surface area contributed by atoms with Gasteiger partial charge in [-0.25, -0.2) is 0 Å². The molecule has 0 amide bonds. The molecule has 1 unspecified atom stereocenters. The minimum Gasteiger partial charge on any atom is -0.297 e. The van der Waals surface area contributed by atoms with Crippen molar-refractivity contribution in [3.8, 4) is 0 Å². The summed E-state index contributed by atoms with van der Waals surface area (Å²) < 4.78 is 0. The van der Waals surface area contributed by atoms with E-state index >= 15 is 0 Å². The number of hydrogen-bond donors (Lipinski definition) is 1. The summed E-state index contributed by atoms with van der Waals surface area (Å²) in [7, 11) is 0. The zero-order valence-corrected chi connectivity index (χ0v) is 5.70. The third-order valence-electron chi connectivity index (χ3n) is 1.28. The second-order valence-corrected chi connectivity index (χ2v) is 2.66. The zero-order valence-electron chi connectivity index (χ0n) is 4.95. The van der Waals surface area contributed by atoms with E-state index in [2.05, 4.69) is 18.3 Å². The third kappa shape index (κ3) is 1.49. The lowest BCUT2D eigenvalue weighted by Gasteiger charge is -2.15. The van der Waals surface area contributed by atoms with Gasteiger partial charge in [-0.3, -0.25) is 5.32 Å². The third-order valence-corrected chi connectivity index (χ3v) is 1.61. The van der Waals surface area contributed by atoms with E-state index in [0.29, 0.717) is 0 Å². The van der Waals surface area contributed by atoms with Gasteiger partial charge >= 0.3 is 0 Å². The standard InChI is InChI=1S/C6H10ClN/c1-5-2-3-6(7)8-4-5/h2,6,8H,3-4H2,1H3. The summed E-state index contributed by atoms with van der Waals surface area (Å²) in [6, 6.07) is 0. The first kappa shape index (κ1) is 6.12. The van der Waals surface area contributed by atoms with Crippen LogP contribution in [0.1, 0.15) is 13.3 Å². The van der Waals surface area contributed by atoms with E-state index in [1.54, 1.807) is 0 Å². The Morgan fingerprint density at radius 3 is 3.00 bits per heavy atom. The molecule has 1 nitrogen and oxygen atoms in total. The molecule has 1 atom stereocenters. The molecule has 0 spiro atoms. The van der Waals surface area contributed by atoms with Gasteiger partial charge in [0, 0.05) is 6.54 Å². The minimum absolute atomic E-state index is 0.165. The molecular weight excluding hydrogens is 122 g/mol. The van der Waals surface area contributed by atoms with Crippen LogP contribution in [0.2, 0.25) is 0 Å². The highest BCUT2D eigenvalue weighted by atomic mass is 35.5. The van der Waals surface area contributed by atoms with Crippen molar-refractivity contribution in [2.45, 2.75) is 18.8 Å². The Bertz CT molecular complexity index is 109. The van der Waals surface area contributed by atoms with Gasteiger partial charge in [0.2, 0.25) is 0 Å². The first-order valence-electron chi connectivity index (χ1n) is 2.82. The van der Waals surface area contributed by atoms with Crippen molar-refractivity contribution in [3.63, 3.8) is 0 Å². The average molecular weight is 132 g/mol. The Hall–Kier alpha value is -0.0100. The molecule has 46 valence electrons. The van der Waals surface area contributed by atoms with Crippen molar-refractivity contribution in [1.29, 1.82) is 0 Å². The zero-order chi connectivity index (χ0) is 5.98. The fourth-order valence-corrected chi connectivity index (χ4v) is 0.898. The van der Waals surface area contributed by atoms with Gasteiger partial charge in [0.05, 0.1) is 5.50 Å². The fraction of sp³-hybridized carbons (Fsp3) is 0.667. The van der Waals surface area contributed by atoms with E-state index in [0.717, 1.165) is 13.0 Å². The molecule has 1 N–H and O–H groups in total.